The van der Waals surface area contributed by atoms with Gasteiger partial charge < -0.3 is 9.73 Å². The van der Waals surface area contributed by atoms with Crippen LogP contribution in [0.25, 0.3) is 11.5 Å². The summed E-state index contributed by atoms with van der Waals surface area (Å²) in [4.78, 5) is 13.1. The van der Waals surface area contributed by atoms with Crippen molar-refractivity contribution in [3.8, 4) is 11.5 Å². The molecule has 1 unspecified atom stereocenters. The van der Waals surface area contributed by atoms with Gasteiger partial charge in [-0.3, -0.25) is 4.79 Å². The molecule has 1 amide bonds. The number of carbonyl (C=O) groups excluding carboxylic acids is 1. The molecule has 30 heavy (non-hydrogen) atoms. The number of thioether (sulfide) groups is 1. The lowest BCUT2D eigenvalue weighted by Crippen LogP contribution is -2.19. The number of benzene rings is 3. The molecule has 0 aliphatic heterocycles. The Hall–Kier alpha value is -3.38. The van der Waals surface area contributed by atoms with Crippen molar-refractivity contribution in [1.82, 2.24) is 10.2 Å². The van der Waals surface area contributed by atoms with Gasteiger partial charge in [-0.05, 0) is 55.4 Å². The summed E-state index contributed by atoms with van der Waals surface area (Å²) >= 11 is 1.24. The van der Waals surface area contributed by atoms with E-state index in [1.54, 1.807) is 0 Å². The second-order valence-corrected chi connectivity index (χ2v) is 8.06. The highest BCUT2D eigenvalue weighted by Crippen LogP contribution is 2.36. The van der Waals surface area contributed by atoms with Gasteiger partial charge in [0.05, 0.1) is 0 Å². The number of nitrogens with zero attached hydrogens (tertiary/aromatic N) is 2. The number of hydrogen-bond donors (Lipinski definition) is 1. The Morgan fingerprint density at radius 3 is 2.40 bits per heavy atom. The fourth-order valence-corrected chi connectivity index (χ4v) is 3.87. The van der Waals surface area contributed by atoms with E-state index in [0.717, 1.165) is 27.9 Å². The summed E-state index contributed by atoms with van der Waals surface area (Å²) in [7, 11) is 0. The summed E-state index contributed by atoms with van der Waals surface area (Å²) < 4.78 is 5.85. The molecule has 0 spiro atoms. The van der Waals surface area contributed by atoms with E-state index in [0.29, 0.717) is 11.1 Å². The average molecular weight is 416 g/mol. The summed E-state index contributed by atoms with van der Waals surface area (Å²) in [6.45, 7) is 4.02. The van der Waals surface area contributed by atoms with Gasteiger partial charge in [0.1, 0.15) is 5.25 Å². The van der Waals surface area contributed by atoms with Crippen molar-refractivity contribution in [2.24, 2.45) is 0 Å². The summed E-state index contributed by atoms with van der Waals surface area (Å²) in [5.41, 5.74) is 4.71. The van der Waals surface area contributed by atoms with Gasteiger partial charge in [-0.2, -0.15) is 0 Å². The highest BCUT2D eigenvalue weighted by atomic mass is 32.2. The first-order valence-electron chi connectivity index (χ1n) is 9.58. The van der Waals surface area contributed by atoms with Crippen LogP contribution in [-0.4, -0.2) is 16.1 Å². The van der Waals surface area contributed by atoms with E-state index in [4.69, 9.17) is 4.42 Å². The van der Waals surface area contributed by atoms with Crippen LogP contribution in [0.1, 0.15) is 21.9 Å². The molecule has 4 aromatic rings. The van der Waals surface area contributed by atoms with Crippen molar-refractivity contribution in [3.05, 3.63) is 95.6 Å². The van der Waals surface area contributed by atoms with Crippen LogP contribution in [0.3, 0.4) is 0 Å². The quantitative estimate of drug-likeness (QED) is 0.402. The minimum absolute atomic E-state index is 0.148. The van der Waals surface area contributed by atoms with Crippen molar-refractivity contribution >= 4 is 23.4 Å². The first-order chi connectivity index (χ1) is 14.6. The Balaban J connectivity index is 1.58. The fraction of sp³-hybridized carbons (Fsp3) is 0.125. The molecule has 4 rings (SSSR count). The second kappa shape index (κ2) is 8.97. The Morgan fingerprint density at radius 1 is 0.900 bits per heavy atom. The molecule has 1 N–H and O–H groups in total. The number of anilines is 1. The van der Waals surface area contributed by atoms with Crippen LogP contribution in [0.5, 0.6) is 0 Å². The van der Waals surface area contributed by atoms with Crippen molar-refractivity contribution in [2.45, 2.75) is 24.3 Å². The third-order valence-electron chi connectivity index (χ3n) is 4.55. The fourth-order valence-electron chi connectivity index (χ4n) is 3.00. The molecular weight excluding hydrogens is 394 g/mol. The van der Waals surface area contributed by atoms with E-state index < -0.39 is 5.25 Å². The third-order valence-corrected chi connectivity index (χ3v) is 5.64. The lowest BCUT2D eigenvalue weighted by atomic mass is 10.1. The van der Waals surface area contributed by atoms with Crippen LogP contribution < -0.4 is 5.32 Å². The van der Waals surface area contributed by atoms with Gasteiger partial charge in [-0.15, -0.1) is 10.2 Å². The van der Waals surface area contributed by atoms with Gasteiger partial charge in [0.2, 0.25) is 11.8 Å². The zero-order valence-electron chi connectivity index (χ0n) is 16.7. The molecule has 1 heterocycles. The summed E-state index contributed by atoms with van der Waals surface area (Å²) in [5, 5.41) is 11.1. The van der Waals surface area contributed by atoms with Gasteiger partial charge in [0, 0.05) is 11.3 Å². The number of aryl methyl sites for hydroxylation is 2. The van der Waals surface area contributed by atoms with Gasteiger partial charge in [0.15, 0.2) is 0 Å². The van der Waals surface area contributed by atoms with Crippen molar-refractivity contribution in [3.63, 3.8) is 0 Å². The Kier molecular flexibility index (Phi) is 5.95. The SMILES string of the molecule is Cc1ccc(NC(=O)C(Sc2nnc(-c3cccc(C)c3)o2)c2ccccc2)cc1. The van der Waals surface area contributed by atoms with Crippen molar-refractivity contribution in [2.75, 3.05) is 5.32 Å². The molecule has 0 saturated carbocycles. The monoisotopic (exact) mass is 415 g/mol. The molecule has 0 aliphatic carbocycles. The predicted molar refractivity (Wildman–Crippen MR) is 119 cm³/mol. The van der Waals surface area contributed by atoms with E-state index in [2.05, 4.69) is 15.5 Å². The first kappa shape index (κ1) is 19.9. The molecule has 150 valence electrons. The molecule has 5 nitrogen and oxygen atoms in total. The second-order valence-electron chi connectivity index (χ2n) is 7.01. The van der Waals surface area contributed by atoms with Crippen LogP contribution in [-0.2, 0) is 4.79 Å². The van der Waals surface area contributed by atoms with Crippen LogP contribution in [0.4, 0.5) is 5.69 Å². The highest BCUT2D eigenvalue weighted by Gasteiger charge is 2.25. The minimum atomic E-state index is -0.529. The number of rotatable bonds is 6. The minimum Gasteiger partial charge on any atom is -0.411 e. The largest absolute Gasteiger partial charge is 0.411 e. The maximum atomic E-state index is 13.1. The number of hydrogen-bond acceptors (Lipinski definition) is 5. The van der Waals surface area contributed by atoms with Crippen LogP contribution in [0.2, 0.25) is 0 Å². The topological polar surface area (TPSA) is 68.0 Å². The molecule has 1 atom stereocenters. The zero-order chi connectivity index (χ0) is 20.9. The summed E-state index contributed by atoms with van der Waals surface area (Å²) in [6, 6.07) is 25.2. The van der Waals surface area contributed by atoms with Crippen molar-refractivity contribution in [1.29, 1.82) is 0 Å². The number of nitrogens with one attached hydrogen (secondary N) is 1. The predicted octanol–water partition coefficient (Wildman–Crippen LogP) is 5.83. The van der Waals surface area contributed by atoms with Gasteiger partial charge in [0.25, 0.3) is 5.22 Å². The molecule has 0 saturated heterocycles. The standard InChI is InChI=1S/C24H21N3O2S/c1-16-11-13-20(14-12-16)25-22(28)21(18-8-4-3-5-9-18)30-24-27-26-23(29-24)19-10-6-7-17(2)15-19/h3-15,21H,1-2H3,(H,25,28). The molecule has 0 fully saturated rings. The normalized spacial score (nSPS) is 11.8. The molecule has 0 aliphatic rings. The molecule has 1 aromatic heterocycles. The Bertz CT molecular complexity index is 1140. The molecule has 6 heteroatoms. The van der Waals surface area contributed by atoms with Gasteiger partial charge in [-0.1, -0.05) is 65.7 Å². The molecule has 0 radical (unpaired) electrons. The molecule has 3 aromatic carbocycles. The van der Waals surface area contributed by atoms with Crippen LogP contribution >= 0.6 is 11.8 Å². The van der Waals surface area contributed by atoms with E-state index >= 15 is 0 Å². The lowest BCUT2D eigenvalue weighted by Gasteiger charge is -2.15. The smallest absolute Gasteiger partial charge is 0.277 e. The lowest BCUT2D eigenvalue weighted by molar-refractivity contribution is -0.115. The Labute approximate surface area is 179 Å². The van der Waals surface area contributed by atoms with Crippen molar-refractivity contribution < 1.29 is 9.21 Å². The van der Waals surface area contributed by atoms with Crippen LogP contribution in [0, 0.1) is 13.8 Å². The molecular formula is C24H21N3O2S. The van der Waals surface area contributed by atoms with E-state index in [1.165, 1.54) is 11.8 Å². The molecule has 0 bridgehead atoms. The van der Waals surface area contributed by atoms with Gasteiger partial charge in [-0.25, -0.2) is 0 Å². The number of aromatic nitrogens is 2. The maximum Gasteiger partial charge on any atom is 0.277 e. The van der Waals surface area contributed by atoms with E-state index in [1.807, 2.05) is 92.7 Å². The van der Waals surface area contributed by atoms with E-state index in [-0.39, 0.29) is 5.91 Å². The third kappa shape index (κ3) is 4.78. The van der Waals surface area contributed by atoms with E-state index in [9.17, 15) is 4.79 Å². The highest BCUT2D eigenvalue weighted by molar-refractivity contribution is 8.00. The zero-order valence-corrected chi connectivity index (χ0v) is 17.5. The maximum absolute atomic E-state index is 13.1. The average Bonchev–Trinajstić information content (AvgIpc) is 3.23. The van der Waals surface area contributed by atoms with Crippen LogP contribution in [0.15, 0.2) is 88.5 Å². The Morgan fingerprint density at radius 2 is 1.67 bits per heavy atom. The first-order valence-corrected chi connectivity index (χ1v) is 10.5. The number of carbonyl (C=O) groups is 1. The summed E-state index contributed by atoms with van der Waals surface area (Å²) in [6.07, 6.45) is 0. The summed E-state index contributed by atoms with van der Waals surface area (Å²) in [5.74, 6) is 0.289. The van der Waals surface area contributed by atoms with Gasteiger partial charge >= 0.3 is 0 Å². The number of amides is 1.